The number of aryl methyl sites for hydroxylation is 1. The molecular formula is C27H29BN2O2. The Balaban J connectivity index is 1.70. The number of aromatic nitrogens is 2. The fourth-order valence-electron chi connectivity index (χ4n) is 4.40. The smallest absolute Gasteiger partial charge is 0.399 e. The van der Waals surface area contributed by atoms with E-state index in [2.05, 4.69) is 106 Å². The van der Waals surface area contributed by atoms with Crippen molar-refractivity contribution in [3.8, 4) is 16.8 Å². The number of imidazole rings is 1. The molecule has 1 aromatic heterocycles. The molecular weight excluding hydrogens is 395 g/mol. The van der Waals surface area contributed by atoms with Crippen LogP contribution in [-0.4, -0.2) is 27.9 Å². The molecule has 0 aliphatic carbocycles. The van der Waals surface area contributed by atoms with Gasteiger partial charge in [-0.1, -0.05) is 61.5 Å². The third kappa shape index (κ3) is 3.28. The highest BCUT2D eigenvalue weighted by Gasteiger charge is 2.52. The topological polar surface area (TPSA) is 36.3 Å². The van der Waals surface area contributed by atoms with E-state index in [0.717, 1.165) is 45.6 Å². The lowest BCUT2D eigenvalue weighted by atomic mass is 9.74. The minimum absolute atomic E-state index is 0.389. The van der Waals surface area contributed by atoms with Crippen LogP contribution >= 0.6 is 0 Å². The van der Waals surface area contributed by atoms with Gasteiger partial charge in [0.2, 0.25) is 0 Å². The van der Waals surface area contributed by atoms with Crippen LogP contribution in [0, 0.1) is 0 Å². The van der Waals surface area contributed by atoms with Gasteiger partial charge in [-0.15, -0.1) is 0 Å². The summed E-state index contributed by atoms with van der Waals surface area (Å²) in [5, 5.41) is 0. The van der Waals surface area contributed by atoms with Crippen molar-refractivity contribution in [2.24, 2.45) is 0 Å². The first kappa shape index (κ1) is 21.0. The van der Waals surface area contributed by atoms with Gasteiger partial charge < -0.3 is 9.31 Å². The van der Waals surface area contributed by atoms with E-state index in [1.807, 2.05) is 6.07 Å². The van der Waals surface area contributed by atoms with Gasteiger partial charge in [0.05, 0.1) is 27.9 Å². The zero-order valence-electron chi connectivity index (χ0n) is 19.4. The van der Waals surface area contributed by atoms with Crippen LogP contribution in [0.5, 0.6) is 0 Å². The van der Waals surface area contributed by atoms with E-state index in [0.29, 0.717) is 0 Å². The largest absolute Gasteiger partial charge is 0.495 e. The van der Waals surface area contributed by atoms with Gasteiger partial charge in [0.15, 0.2) is 0 Å². The molecule has 0 saturated carbocycles. The highest BCUT2D eigenvalue weighted by atomic mass is 16.7. The van der Waals surface area contributed by atoms with E-state index in [1.165, 1.54) is 0 Å². The van der Waals surface area contributed by atoms with Gasteiger partial charge in [0.1, 0.15) is 5.82 Å². The molecule has 32 heavy (non-hydrogen) atoms. The summed E-state index contributed by atoms with van der Waals surface area (Å²) in [6.07, 6.45) is 0.849. The Morgan fingerprint density at radius 3 is 2.09 bits per heavy atom. The van der Waals surface area contributed by atoms with Crippen molar-refractivity contribution < 1.29 is 9.31 Å². The number of para-hydroxylation sites is 3. The van der Waals surface area contributed by atoms with E-state index in [9.17, 15) is 0 Å². The first-order valence-electron chi connectivity index (χ1n) is 11.3. The summed E-state index contributed by atoms with van der Waals surface area (Å²) in [4.78, 5) is 4.89. The molecule has 4 aromatic rings. The predicted molar refractivity (Wildman–Crippen MR) is 132 cm³/mol. The fraction of sp³-hybridized carbons (Fsp3) is 0.296. The lowest BCUT2D eigenvalue weighted by Gasteiger charge is -2.32. The second-order valence-corrected chi connectivity index (χ2v) is 9.40. The number of rotatable bonds is 4. The van der Waals surface area contributed by atoms with Gasteiger partial charge in [0.25, 0.3) is 0 Å². The highest BCUT2D eigenvalue weighted by Crippen LogP contribution is 2.38. The summed E-state index contributed by atoms with van der Waals surface area (Å²) >= 11 is 0. The van der Waals surface area contributed by atoms with Crippen molar-refractivity contribution in [2.75, 3.05) is 0 Å². The highest BCUT2D eigenvalue weighted by molar-refractivity contribution is 6.64. The molecule has 0 amide bonds. The molecule has 1 aliphatic heterocycles. The molecule has 0 unspecified atom stereocenters. The fourth-order valence-corrected chi connectivity index (χ4v) is 4.40. The molecule has 162 valence electrons. The van der Waals surface area contributed by atoms with Crippen LogP contribution in [0.25, 0.3) is 27.8 Å². The number of nitrogens with zero attached hydrogens (tertiary/aromatic N) is 2. The van der Waals surface area contributed by atoms with E-state index < -0.39 is 7.12 Å². The van der Waals surface area contributed by atoms with Crippen molar-refractivity contribution >= 4 is 23.6 Å². The summed E-state index contributed by atoms with van der Waals surface area (Å²) in [7, 11) is -0.422. The van der Waals surface area contributed by atoms with Crippen molar-refractivity contribution in [1.82, 2.24) is 9.55 Å². The second-order valence-electron chi connectivity index (χ2n) is 9.40. The summed E-state index contributed by atoms with van der Waals surface area (Å²) in [6, 6.07) is 25.2. The maximum absolute atomic E-state index is 6.42. The molecule has 0 spiro atoms. The van der Waals surface area contributed by atoms with Gasteiger partial charge in [-0.25, -0.2) is 4.98 Å². The lowest BCUT2D eigenvalue weighted by molar-refractivity contribution is 0.00578. The SMILES string of the molecule is CCc1nc2ccccc2n1-c1ccccc1-c1ccccc1B1OC(C)(C)C(C)(C)O1. The summed E-state index contributed by atoms with van der Waals surface area (Å²) in [5.74, 6) is 1.05. The maximum atomic E-state index is 6.42. The van der Waals surface area contributed by atoms with E-state index in [-0.39, 0.29) is 11.2 Å². The van der Waals surface area contributed by atoms with Gasteiger partial charge in [-0.3, -0.25) is 4.57 Å². The Bertz CT molecular complexity index is 1280. The van der Waals surface area contributed by atoms with Gasteiger partial charge in [-0.2, -0.15) is 0 Å². The Kier molecular flexibility index (Phi) is 4.99. The molecule has 1 saturated heterocycles. The Morgan fingerprint density at radius 1 is 0.781 bits per heavy atom. The minimum atomic E-state index is -0.422. The number of hydrogen-bond donors (Lipinski definition) is 0. The minimum Gasteiger partial charge on any atom is -0.399 e. The molecule has 0 radical (unpaired) electrons. The summed E-state index contributed by atoms with van der Waals surface area (Å²) < 4.78 is 15.1. The van der Waals surface area contributed by atoms with Crippen molar-refractivity contribution in [3.63, 3.8) is 0 Å². The van der Waals surface area contributed by atoms with E-state index >= 15 is 0 Å². The third-order valence-electron chi connectivity index (χ3n) is 6.85. The first-order chi connectivity index (χ1) is 15.3. The van der Waals surface area contributed by atoms with Crippen LogP contribution in [0.4, 0.5) is 0 Å². The number of fused-ring (bicyclic) bond motifs is 1. The zero-order valence-corrected chi connectivity index (χ0v) is 19.4. The molecule has 0 bridgehead atoms. The first-order valence-corrected chi connectivity index (χ1v) is 11.3. The Morgan fingerprint density at radius 2 is 1.38 bits per heavy atom. The summed E-state index contributed by atoms with van der Waals surface area (Å²) in [5.41, 5.74) is 5.75. The molecule has 3 aromatic carbocycles. The average molecular weight is 424 g/mol. The normalized spacial score (nSPS) is 17.2. The number of hydrogen-bond acceptors (Lipinski definition) is 3. The van der Waals surface area contributed by atoms with Crippen LogP contribution < -0.4 is 5.46 Å². The zero-order chi connectivity index (χ0) is 22.5. The van der Waals surface area contributed by atoms with Gasteiger partial charge in [0, 0.05) is 12.0 Å². The molecule has 2 heterocycles. The molecule has 0 atom stereocenters. The standard InChI is InChI=1S/C27H29BN2O2/c1-6-25-29-22-16-10-12-18-24(22)30(25)23-17-11-8-14-20(23)19-13-7-9-15-21(19)28-31-26(2,3)27(4,5)32-28/h7-18H,6H2,1-5H3. The average Bonchev–Trinajstić information content (AvgIpc) is 3.26. The molecule has 5 heteroatoms. The Hall–Kier alpha value is -2.89. The van der Waals surface area contributed by atoms with Crippen LogP contribution in [0.2, 0.25) is 0 Å². The van der Waals surface area contributed by atoms with Crippen LogP contribution in [-0.2, 0) is 15.7 Å². The molecule has 1 aliphatic rings. The van der Waals surface area contributed by atoms with Crippen LogP contribution in [0.1, 0.15) is 40.4 Å². The summed E-state index contributed by atoms with van der Waals surface area (Å²) in [6.45, 7) is 10.5. The van der Waals surface area contributed by atoms with Crippen LogP contribution in [0.3, 0.4) is 0 Å². The molecule has 1 fully saturated rings. The van der Waals surface area contributed by atoms with Crippen molar-refractivity contribution in [2.45, 2.75) is 52.2 Å². The van der Waals surface area contributed by atoms with Gasteiger partial charge >= 0.3 is 7.12 Å². The molecule has 5 rings (SSSR count). The molecule has 0 N–H and O–H groups in total. The van der Waals surface area contributed by atoms with Crippen LogP contribution in [0.15, 0.2) is 72.8 Å². The van der Waals surface area contributed by atoms with Gasteiger partial charge in [-0.05, 0) is 56.9 Å². The maximum Gasteiger partial charge on any atom is 0.495 e. The quantitative estimate of drug-likeness (QED) is 0.403. The van der Waals surface area contributed by atoms with Crippen molar-refractivity contribution in [3.05, 3.63) is 78.6 Å². The monoisotopic (exact) mass is 424 g/mol. The molecule has 4 nitrogen and oxygen atoms in total. The Labute approximate surface area is 190 Å². The third-order valence-corrected chi connectivity index (χ3v) is 6.85. The van der Waals surface area contributed by atoms with Crippen molar-refractivity contribution in [1.29, 1.82) is 0 Å². The predicted octanol–water partition coefficient (Wildman–Crippen LogP) is 5.55. The van der Waals surface area contributed by atoms with E-state index in [1.54, 1.807) is 0 Å². The number of benzene rings is 3. The lowest BCUT2D eigenvalue weighted by Crippen LogP contribution is -2.41. The van der Waals surface area contributed by atoms with E-state index in [4.69, 9.17) is 14.3 Å². The second kappa shape index (κ2) is 7.61.